The third kappa shape index (κ3) is 3.80. The summed E-state index contributed by atoms with van der Waals surface area (Å²) in [6.07, 6.45) is 7.37. The maximum atomic E-state index is 4.70. The molecule has 0 aliphatic carbocycles. The van der Waals surface area contributed by atoms with Crippen LogP contribution in [-0.4, -0.2) is 32.2 Å². The number of rotatable bonds is 5. The van der Waals surface area contributed by atoms with Crippen LogP contribution in [0.15, 0.2) is 72.1 Å². The minimum atomic E-state index is 0.876. The number of para-hydroxylation sites is 1. The predicted molar refractivity (Wildman–Crippen MR) is 119 cm³/mol. The van der Waals surface area contributed by atoms with E-state index < -0.39 is 0 Å². The molecule has 4 aromatic rings. The minimum absolute atomic E-state index is 0.876. The number of hydrogen-bond donors (Lipinski definition) is 0. The van der Waals surface area contributed by atoms with Gasteiger partial charge in [-0.1, -0.05) is 60.3 Å². The van der Waals surface area contributed by atoms with Crippen LogP contribution in [0.5, 0.6) is 0 Å². The van der Waals surface area contributed by atoms with Gasteiger partial charge in [0, 0.05) is 61.5 Å². The molecule has 0 unspecified atom stereocenters. The molecule has 1 aliphatic heterocycles. The van der Waals surface area contributed by atoms with Crippen LogP contribution < -0.4 is 0 Å². The Kier molecular flexibility index (Phi) is 5.08. The average Bonchev–Trinajstić information content (AvgIpc) is 3.11. The van der Waals surface area contributed by atoms with Crippen molar-refractivity contribution in [2.75, 3.05) is 12.8 Å². The number of benzene rings is 2. The fourth-order valence-electron chi connectivity index (χ4n) is 4.19. The molecule has 5 rings (SSSR count). The van der Waals surface area contributed by atoms with Gasteiger partial charge in [-0.2, -0.15) is 0 Å². The Morgan fingerprint density at radius 3 is 2.69 bits per heavy atom. The summed E-state index contributed by atoms with van der Waals surface area (Å²) < 4.78 is 2.38. The molecule has 0 bridgehead atoms. The molecule has 5 heteroatoms. The Balaban J connectivity index is 1.40. The molecule has 0 atom stereocenters. The Bertz CT molecular complexity index is 1140. The molecule has 0 fully saturated rings. The van der Waals surface area contributed by atoms with Crippen LogP contribution in [-0.2, 0) is 26.1 Å². The van der Waals surface area contributed by atoms with E-state index in [1.165, 1.54) is 33.3 Å². The highest BCUT2D eigenvalue weighted by atomic mass is 32.2. The Morgan fingerprint density at radius 2 is 1.83 bits per heavy atom. The molecule has 0 saturated heterocycles. The van der Waals surface area contributed by atoms with Crippen molar-refractivity contribution in [2.45, 2.75) is 31.2 Å². The molecule has 29 heavy (non-hydrogen) atoms. The van der Waals surface area contributed by atoms with Gasteiger partial charge in [-0.05, 0) is 23.4 Å². The second-order valence-electron chi connectivity index (χ2n) is 7.57. The maximum absolute atomic E-state index is 4.70. The molecule has 2 aromatic carbocycles. The standard InChI is InChI=1S/C24H24N4S/c1-29-24-25-13-19-15-27(12-11-22(19)26-24)16-20-17-28(14-18-7-3-2-4-8-18)23-10-6-5-9-21(20)23/h2-10,13,17H,11-12,14-16H2,1H3. The second-order valence-corrected chi connectivity index (χ2v) is 8.35. The molecular weight excluding hydrogens is 376 g/mol. The van der Waals surface area contributed by atoms with Gasteiger partial charge in [0.15, 0.2) is 5.16 Å². The molecule has 3 heterocycles. The lowest BCUT2D eigenvalue weighted by molar-refractivity contribution is 0.243. The summed E-state index contributed by atoms with van der Waals surface area (Å²) in [6, 6.07) is 19.4. The van der Waals surface area contributed by atoms with Gasteiger partial charge >= 0.3 is 0 Å². The number of fused-ring (bicyclic) bond motifs is 2. The van der Waals surface area contributed by atoms with Gasteiger partial charge in [-0.3, -0.25) is 4.90 Å². The van der Waals surface area contributed by atoms with Crippen molar-refractivity contribution in [1.29, 1.82) is 0 Å². The van der Waals surface area contributed by atoms with Gasteiger partial charge in [0.2, 0.25) is 0 Å². The first-order valence-corrected chi connectivity index (χ1v) is 11.2. The Morgan fingerprint density at radius 1 is 1.00 bits per heavy atom. The van der Waals surface area contributed by atoms with Gasteiger partial charge in [0.05, 0.1) is 5.69 Å². The zero-order chi connectivity index (χ0) is 19.6. The number of nitrogens with zero attached hydrogens (tertiary/aromatic N) is 4. The van der Waals surface area contributed by atoms with Crippen molar-refractivity contribution in [1.82, 2.24) is 19.4 Å². The molecule has 0 radical (unpaired) electrons. The van der Waals surface area contributed by atoms with Gasteiger partial charge in [-0.15, -0.1) is 0 Å². The molecule has 0 spiro atoms. The molecule has 4 nitrogen and oxygen atoms in total. The van der Waals surface area contributed by atoms with Crippen LogP contribution >= 0.6 is 11.8 Å². The van der Waals surface area contributed by atoms with Crippen LogP contribution in [0.2, 0.25) is 0 Å². The van der Waals surface area contributed by atoms with E-state index in [-0.39, 0.29) is 0 Å². The molecule has 0 saturated carbocycles. The van der Waals surface area contributed by atoms with E-state index in [4.69, 9.17) is 4.98 Å². The SMILES string of the molecule is CSc1ncc2c(n1)CCN(Cc1cn(Cc3ccccc3)c3ccccc13)C2. The van der Waals surface area contributed by atoms with E-state index >= 15 is 0 Å². The zero-order valence-corrected chi connectivity index (χ0v) is 17.4. The summed E-state index contributed by atoms with van der Waals surface area (Å²) in [4.78, 5) is 11.7. The van der Waals surface area contributed by atoms with Crippen molar-refractivity contribution in [3.8, 4) is 0 Å². The third-order valence-electron chi connectivity index (χ3n) is 5.63. The Hall–Kier alpha value is -2.63. The lowest BCUT2D eigenvalue weighted by atomic mass is 10.1. The lowest BCUT2D eigenvalue weighted by Gasteiger charge is -2.27. The fourth-order valence-corrected chi connectivity index (χ4v) is 4.55. The van der Waals surface area contributed by atoms with Gasteiger partial charge in [-0.25, -0.2) is 9.97 Å². The quantitative estimate of drug-likeness (QED) is 0.357. The first kappa shape index (κ1) is 18.4. The fraction of sp³-hybridized carbons (Fsp3) is 0.250. The molecule has 0 amide bonds. The maximum Gasteiger partial charge on any atom is 0.187 e. The van der Waals surface area contributed by atoms with E-state index in [1.807, 2.05) is 12.5 Å². The Labute approximate surface area is 175 Å². The van der Waals surface area contributed by atoms with Gasteiger partial charge in [0.25, 0.3) is 0 Å². The number of hydrogen-bond acceptors (Lipinski definition) is 4. The highest BCUT2D eigenvalue weighted by molar-refractivity contribution is 7.98. The number of thioether (sulfide) groups is 1. The largest absolute Gasteiger partial charge is 0.343 e. The molecule has 2 aromatic heterocycles. The van der Waals surface area contributed by atoms with Gasteiger partial charge in [0.1, 0.15) is 0 Å². The van der Waals surface area contributed by atoms with Gasteiger partial charge < -0.3 is 4.57 Å². The predicted octanol–water partition coefficient (Wildman–Crippen LogP) is 4.76. The van der Waals surface area contributed by atoms with Crippen LogP contribution in [0.1, 0.15) is 22.4 Å². The van der Waals surface area contributed by atoms with Crippen molar-refractivity contribution < 1.29 is 0 Å². The first-order chi connectivity index (χ1) is 14.3. The summed E-state index contributed by atoms with van der Waals surface area (Å²) in [6.45, 7) is 3.81. The normalized spacial score (nSPS) is 14.2. The monoisotopic (exact) mass is 400 g/mol. The van der Waals surface area contributed by atoms with Crippen molar-refractivity contribution in [2.24, 2.45) is 0 Å². The number of aromatic nitrogens is 3. The lowest BCUT2D eigenvalue weighted by Crippen LogP contribution is -2.30. The summed E-state index contributed by atoms with van der Waals surface area (Å²) >= 11 is 1.61. The van der Waals surface area contributed by atoms with Crippen LogP contribution in [0.4, 0.5) is 0 Å². The van der Waals surface area contributed by atoms with Crippen LogP contribution in [0, 0.1) is 0 Å². The zero-order valence-electron chi connectivity index (χ0n) is 16.6. The van der Waals surface area contributed by atoms with E-state index in [0.717, 1.165) is 37.8 Å². The summed E-state index contributed by atoms with van der Waals surface area (Å²) in [5.74, 6) is 0. The average molecular weight is 401 g/mol. The van der Waals surface area contributed by atoms with E-state index in [1.54, 1.807) is 11.8 Å². The van der Waals surface area contributed by atoms with E-state index in [2.05, 4.69) is 75.2 Å². The van der Waals surface area contributed by atoms with Crippen LogP contribution in [0.25, 0.3) is 10.9 Å². The van der Waals surface area contributed by atoms with Crippen molar-refractivity contribution in [3.63, 3.8) is 0 Å². The highest BCUT2D eigenvalue weighted by Gasteiger charge is 2.20. The smallest absolute Gasteiger partial charge is 0.187 e. The molecule has 1 aliphatic rings. The molecular formula is C24H24N4S. The molecule has 0 N–H and O–H groups in total. The molecule has 146 valence electrons. The van der Waals surface area contributed by atoms with Crippen molar-refractivity contribution >= 4 is 22.7 Å². The van der Waals surface area contributed by atoms with Crippen LogP contribution in [0.3, 0.4) is 0 Å². The topological polar surface area (TPSA) is 34.0 Å². The summed E-state index contributed by atoms with van der Waals surface area (Å²) in [5.41, 5.74) is 6.50. The summed E-state index contributed by atoms with van der Waals surface area (Å²) in [5, 5.41) is 2.23. The van der Waals surface area contributed by atoms with E-state index in [9.17, 15) is 0 Å². The third-order valence-corrected chi connectivity index (χ3v) is 6.20. The minimum Gasteiger partial charge on any atom is -0.343 e. The van der Waals surface area contributed by atoms with E-state index in [0.29, 0.717) is 0 Å². The second kappa shape index (κ2) is 8.01. The first-order valence-electron chi connectivity index (χ1n) is 10.0. The summed E-state index contributed by atoms with van der Waals surface area (Å²) in [7, 11) is 0. The van der Waals surface area contributed by atoms with Crippen molar-refractivity contribution in [3.05, 3.63) is 89.4 Å². The highest BCUT2D eigenvalue weighted by Crippen LogP contribution is 2.26.